The first-order valence-corrected chi connectivity index (χ1v) is 12.7. The van der Waals surface area contributed by atoms with Gasteiger partial charge in [0.15, 0.2) is 0 Å². The normalized spacial score (nSPS) is 15.6. The van der Waals surface area contributed by atoms with Gasteiger partial charge in [0.2, 0.25) is 0 Å². The van der Waals surface area contributed by atoms with Crippen LogP contribution in [0.4, 0.5) is 0 Å². The van der Waals surface area contributed by atoms with Gasteiger partial charge in [0, 0.05) is 0 Å². The van der Waals surface area contributed by atoms with E-state index in [1.807, 2.05) is 0 Å². The van der Waals surface area contributed by atoms with Gasteiger partial charge in [0.1, 0.15) is 9.49 Å². The number of thioether (sulfide) groups is 1. The zero-order valence-corrected chi connectivity index (χ0v) is 20.2. The largest absolute Gasteiger partial charge is 0.480 e. The molecule has 0 saturated heterocycles. The molecule has 0 aliphatic carbocycles. The Hall–Kier alpha value is -0.710. The quantitative estimate of drug-likeness (QED) is 0.194. The molecule has 0 saturated carbocycles. The lowest BCUT2D eigenvalue weighted by Crippen LogP contribution is -2.42. The van der Waals surface area contributed by atoms with Crippen LogP contribution < -0.4 is 0 Å². The Bertz CT molecular complexity index is 414. The third-order valence-corrected chi connectivity index (χ3v) is 7.53. The van der Waals surface area contributed by atoms with Crippen molar-refractivity contribution in [2.24, 2.45) is 0 Å². The molecule has 0 rings (SSSR count). The third-order valence-electron chi connectivity index (χ3n) is 5.87. The number of aliphatic carboxylic acids is 2. The topological polar surface area (TPSA) is 74.6 Å². The molecule has 0 bridgehead atoms. The molecular formula is C24H46O4S. The summed E-state index contributed by atoms with van der Waals surface area (Å²) in [7, 11) is 0. The summed E-state index contributed by atoms with van der Waals surface area (Å²) in [5.74, 6) is -1.78. The number of hydrogen-bond donors (Lipinski definition) is 2. The minimum Gasteiger partial charge on any atom is -0.480 e. The van der Waals surface area contributed by atoms with Crippen molar-refractivity contribution in [3.8, 4) is 0 Å². The lowest BCUT2D eigenvalue weighted by molar-refractivity contribution is -0.139. The van der Waals surface area contributed by atoms with Crippen molar-refractivity contribution in [3.05, 3.63) is 0 Å². The van der Waals surface area contributed by atoms with Gasteiger partial charge in [-0.2, -0.15) is 0 Å². The van der Waals surface area contributed by atoms with Crippen LogP contribution in [0.5, 0.6) is 0 Å². The number of unbranched alkanes of at least 4 members (excludes halogenated alkanes) is 12. The van der Waals surface area contributed by atoms with E-state index < -0.39 is 21.4 Å². The first-order valence-electron chi connectivity index (χ1n) is 11.9. The van der Waals surface area contributed by atoms with E-state index in [2.05, 4.69) is 13.8 Å². The second kappa shape index (κ2) is 16.0. The van der Waals surface area contributed by atoms with Crippen LogP contribution >= 0.6 is 11.8 Å². The van der Waals surface area contributed by atoms with Crippen LogP contribution in [0.25, 0.3) is 0 Å². The summed E-state index contributed by atoms with van der Waals surface area (Å²) >= 11 is 1.16. The molecule has 0 spiro atoms. The van der Waals surface area contributed by atoms with Crippen LogP contribution in [0, 0.1) is 0 Å². The van der Waals surface area contributed by atoms with E-state index in [1.54, 1.807) is 13.8 Å². The van der Waals surface area contributed by atoms with E-state index in [4.69, 9.17) is 0 Å². The molecule has 0 aromatic rings. The summed E-state index contributed by atoms with van der Waals surface area (Å²) in [5.41, 5.74) is 0. The lowest BCUT2D eigenvalue weighted by atomic mass is 10.00. The Labute approximate surface area is 183 Å². The fraction of sp³-hybridized carbons (Fsp3) is 0.917. The van der Waals surface area contributed by atoms with Crippen LogP contribution in [0.1, 0.15) is 130 Å². The van der Waals surface area contributed by atoms with Gasteiger partial charge in [-0.3, -0.25) is 9.59 Å². The van der Waals surface area contributed by atoms with Gasteiger partial charge in [-0.05, 0) is 26.7 Å². The van der Waals surface area contributed by atoms with E-state index in [-0.39, 0.29) is 0 Å². The minimum atomic E-state index is -1.04. The fourth-order valence-corrected chi connectivity index (χ4v) is 5.40. The molecule has 0 aliphatic rings. The Morgan fingerprint density at radius 2 is 0.862 bits per heavy atom. The summed E-state index contributed by atoms with van der Waals surface area (Å²) in [6, 6.07) is 0. The molecule has 5 heteroatoms. The summed E-state index contributed by atoms with van der Waals surface area (Å²) in [6.45, 7) is 7.81. The number of hydrogen-bond acceptors (Lipinski definition) is 3. The van der Waals surface area contributed by atoms with Crippen molar-refractivity contribution >= 4 is 23.7 Å². The number of carboxylic acids is 2. The Kier molecular flexibility index (Phi) is 15.6. The first-order chi connectivity index (χ1) is 13.7. The van der Waals surface area contributed by atoms with Gasteiger partial charge in [-0.1, -0.05) is 104 Å². The molecule has 29 heavy (non-hydrogen) atoms. The van der Waals surface area contributed by atoms with Crippen LogP contribution in [0.2, 0.25) is 0 Å². The van der Waals surface area contributed by atoms with Gasteiger partial charge in [0.25, 0.3) is 0 Å². The standard InChI is InChI=1S/C24H46O4S/c1-5-7-9-11-13-15-17-19-23(3,21(25)26)29-24(4,22(27)28)20-18-16-14-12-10-8-6-2/h5-20H2,1-4H3,(H,25,26)(H,27,28). The zero-order chi connectivity index (χ0) is 22.2. The second-order valence-corrected chi connectivity index (χ2v) is 10.9. The van der Waals surface area contributed by atoms with Crippen LogP contribution in [0.3, 0.4) is 0 Å². The van der Waals surface area contributed by atoms with Crippen molar-refractivity contribution in [2.45, 2.75) is 140 Å². The van der Waals surface area contributed by atoms with E-state index in [0.29, 0.717) is 12.8 Å². The molecule has 0 heterocycles. The molecule has 0 fully saturated rings. The highest BCUT2D eigenvalue weighted by molar-refractivity contribution is 8.03. The minimum absolute atomic E-state index is 0.528. The first kappa shape index (κ1) is 28.3. The maximum Gasteiger partial charge on any atom is 0.319 e. The van der Waals surface area contributed by atoms with Gasteiger partial charge in [0.05, 0.1) is 0 Å². The molecule has 0 amide bonds. The molecule has 172 valence electrons. The molecule has 2 N–H and O–H groups in total. The van der Waals surface area contributed by atoms with E-state index in [0.717, 1.165) is 50.3 Å². The van der Waals surface area contributed by atoms with Gasteiger partial charge >= 0.3 is 11.9 Å². The fourth-order valence-electron chi connectivity index (χ4n) is 3.74. The molecule has 4 nitrogen and oxygen atoms in total. The van der Waals surface area contributed by atoms with Crippen molar-refractivity contribution < 1.29 is 19.8 Å². The number of carboxylic acid groups (broad SMARTS) is 2. The highest BCUT2D eigenvalue weighted by atomic mass is 32.2. The van der Waals surface area contributed by atoms with E-state index >= 15 is 0 Å². The van der Waals surface area contributed by atoms with Crippen molar-refractivity contribution in [1.82, 2.24) is 0 Å². The van der Waals surface area contributed by atoms with Gasteiger partial charge in [-0.15, -0.1) is 11.8 Å². The van der Waals surface area contributed by atoms with Crippen molar-refractivity contribution in [3.63, 3.8) is 0 Å². The SMILES string of the molecule is CCCCCCCCCC(C)(SC(C)(CCCCCCCCC)C(=O)O)C(=O)O. The molecule has 0 aliphatic heterocycles. The highest BCUT2D eigenvalue weighted by Gasteiger charge is 2.45. The van der Waals surface area contributed by atoms with E-state index in [1.165, 1.54) is 51.4 Å². The molecule has 0 aromatic carbocycles. The van der Waals surface area contributed by atoms with Gasteiger partial charge in [-0.25, -0.2) is 0 Å². The average Bonchev–Trinajstić information content (AvgIpc) is 2.66. The van der Waals surface area contributed by atoms with Crippen LogP contribution in [-0.2, 0) is 9.59 Å². The zero-order valence-electron chi connectivity index (χ0n) is 19.4. The van der Waals surface area contributed by atoms with Crippen LogP contribution in [-0.4, -0.2) is 31.6 Å². The van der Waals surface area contributed by atoms with E-state index in [9.17, 15) is 19.8 Å². The monoisotopic (exact) mass is 430 g/mol. The summed E-state index contributed by atoms with van der Waals surface area (Å²) < 4.78 is -2.09. The summed E-state index contributed by atoms with van der Waals surface area (Å²) in [4.78, 5) is 24.0. The molecule has 2 atom stereocenters. The summed E-state index contributed by atoms with van der Waals surface area (Å²) in [5, 5.41) is 19.7. The number of carbonyl (C=O) groups is 2. The van der Waals surface area contributed by atoms with Crippen molar-refractivity contribution in [2.75, 3.05) is 0 Å². The second-order valence-electron chi connectivity index (χ2n) is 8.92. The summed E-state index contributed by atoms with van der Waals surface area (Å²) in [6.07, 6.45) is 16.9. The van der Waals surface area contributed by atoms with Crippen LogP contribution in [0.15, 0.2) is 0 Å². The lowest BCUT2D eigenvalue weighted by Gasteiger charge is -2.34. The molecule has 2 unspecified atom stereocenters. The number of rotatable bonds is 20. The predicted molar refractivity (Wildman–Crippen MR) is 125 cm³/mol. The smallest absolute Gasteiger partial charge is 0.319 e. The maximum atomic E-state index is 12.0. The van der Waals surface area contributed by atoms with Gasteiger partial charge < -0.3 is 10.2 Å². The average molecular weight is 431 g/mol. The highest BCUT2D eigenvalue weighted by Crippen LogP contribution is 2.43. The molecule has 0 radical (unpaired) electrons. The predicted octanol–water partition coefficient (Wildman–Crippen LogP) is 7.69. The maximum absolute atomic E-state index is 12.0. The third kappa shape index (κ3) is 12.6. The Balaban J connectivity index is 4.56. The van der Waals surface area contributed by atoms with Crippen molar-refractivity contribution in [1.29, 1.82) is 0 Å². The Morgan fingerprint density at radius 1 is 0.586 bits per heavy atom. The Morgan fingerprint density at radius 3 is 1.14 bits per heavy atom. The molecule has 0 aromatic heterocycles. The molecular weight excluding hydrogens is 384 g/mol.